The second kappa shape index (κ2) is 5.45. The smallest absolute Gasteiger partial charge is 0.224 e. The highest BCUT2D eigenvalue weighted by molar-refractivity contribution is 5.28. The van der Waals surface area contributed by atoms with Crippen LogP contribution < -0.4 is 4.90 Å². The third kappa shape index (κ3) is 2.94. The van der Waals surface area contributed by atoms with E-state index in [9.17, 15) is 0 Å². The molecule has 0 N–H and O–H groups in total. The molecule has 0 aliphatic carbocycles. The third-order valence-corrected chi connectivity index (χ3v) is 3.66. The Balaban J connectivity index is 2.02. The largest absolute Gasteiger partial charge is 0.344 e. The van der Waals surface area contributed by atoms with Crippen molar-refractivity contribution in [2.24, 2.45) is 0 Å². The van der Waals surface area contributed by atoms with Crippen LogP contribution in [0, 0.1) is 0 Å². The predicted molar refractivity (Wildman–Crippen MR) is 70.4 cm³/mol. The maximum absolute atomic E-state index is 4.44. The van der Waals surface area contributed by atoms with Crippen LogP contribution in [0.25, 0.3) is 0 Å². The molecule has 0 unspecified atom stereocenters. The minimum atomic E-state index is 0.646. The van der Waals surface area contributed by atoms with Crippen LogP contribution in [0.5, 0.6) is 0 Å². The van der Waals surface area contributed by atoms with E-state index in [1.54, 1.807) is 0 Å². The van der Waals surface area contributed by atoms with Gasteiger partial charge in [0.25, 0.3) is 0 Å². The first-order valence-electron chi connectivity index (χ1n) is 6.42. The molecular formula is C13H22N4. The quantitative estimate of drug-likeness (QED) is 0.797. The molecule has 0 spiro atoms. The van der Waals surface area contributed by atoms with Crippen molar-refractivity contribution >= 4 is 5.95 Å². The third-order valence-electron chi connectivity index (χ3n) is 3.66. The maximum Gasteiger partial charge on any atom is 0.224 e. The van der Waals surface area contributed by atoms with Gasteiger partial charge < -0.3 is 9.80 Å². The van der Waals surface area contributed by atoms with E-state index >= 15 is 0 Å². The minimum Gasteiger partial charge on any atom is -0.344 e. The molecule has 0 aromatic carbocycles. The molecule has 0 saturated carbocycles. The van der Waals surface area contributed by atoms with Crippen LogP contribution in [0.2, 0.25) is 0 Å². The SMILES string of the molecule is CCN(C)c1ncc(C2CCN(C)CC2)cn1. The summed E-state index contributed by atoms with van der Waals surface area (Å²) in [5.74, 6) is 1.47. The molecule has 17 heavy (non-hydrogen) atoms. The number of aromatic nitrogens is 2. The van der Waals surface area contributed by atoms with E-state index < -0.39 is 0 Å². The second-order valence-corrected chi connectivity index (χ2v) is 4.91. The number of likely N-dealkylation sites (tertiary alicyclic amines) is 1. The van der Waals surface area contributed by atoms with Crippen LogP contribution in [0.1, 0.15) is 31.2 Å². The van der Waals surface area contributed by atoms with Crippen LogP contribution in [0.4, 0.5) is 5.95 Å². The van der Waals surface area contributed by atoms with E-state index in [0.29, 0.717) is 5.92 Å². The molecule has 0 radical (unpaired) electrons. The Kier molecular flexibility index (Phi) is 3.94. The lowest BCUT2D eigenvalue weighted by atomic mass is 9.92. The van der Waals surface area contributed by atoms with Crippen LogP contribution in [0.15, 0.2) is 12.4 Å². The molecule has 0 amide bonds. The van der Waals surface area contributed by atoms with Crippen LogP contribution in [-0.4, -0.2) is 48.6 Å². The summed E-state index contributed by atoms with van der Waals surface area (Å²) >= 11 is 0. The van der Waals surface area contributed by atoms with Gasteiger partial charge in [0.05, 0.1) is 0 Å². The number of piperidine rings is 1. The fourth-order valence-corrected chi connectivity index (χ4v) is 2.22. The molecule has 1 aliphatic rings. The zero-order chi connectivity index (χ0) is 12.3. The molecule has 1 aromatic heterocycles. The normalized spacial score (nSPS) is 18.3. The van der Waals surface area contributed by atoms with Gasteiger partial charge in [0, 0.05) is 26.0 Å². The fraction of sp³-hybridized carbons (Fsp3) is 0.692. The zero-order valence-corrected chi connectivity index (χ0v) is 11.1. The molecule has 1 fully saturated rings. The lowest BCUT2D eigenvalue weighted by Gasteiger charge is -2.28. The number of hydrogen-bond donors (Lipinski definition) is 0. The fourth-order valence-electron chi connectivity index (χ4n) is 2.22. The Bertz CT molecular complexity index is 341. The first-order valence-corrected chi connectivity index (χ1v) is 6.42. The summed E-state index contributed by atoms with van der Waals surface area (Å²) in [5.41, 5.74) is 1.30. The summed E-state index contributed by atoms with van der Waals surface area (Å²) in [6.45, 7) is 5.41. The van der Waals surface area contributed by atoms with Crippen molar-refractivity contribution in [3.8, 4) is 0 Å². The number of rotatable bonds is 3. The van der Waals surface area contributed by atoms with Crippen molar-refractivity contribution in [1.29, 1.82) is 0 Å². The van der Waals surface area contributed by atoms with Crippen molar-refractivity contribution in [2.75, 3.05) is 38.6 Å². The van der Waals surface area contributed by atoms with E-state index in [1.807, 2.05) is 19.4 Å². The van der Waals surface area contributed by atoms with Gasteiger partial charge >= 0.3 is 0 Å². The van der Waals surface area contributed by atoms with Gasteiger partial charge in [-0.1, -0.05) is 0 Å². The summed E-state index contributed by atoms with van der Waals surface area (Å²) in [4.78, 5) is 13.3. The van der Waals surface area contributed by atoms with Crippen molar-refractivity contribution < 1.29 is 0 Å². The number of nitrogens with zero attached hydrogens (tertiary/aromatic N) is 4. The van der Waals surface area contributed by atoms with E-state index in [2.05, 4.69) is 33.7 Å². The molecule has 1 saturated heterocycles. The molecule has 94 valence electrons. The van der Waals surface area contributed by atoms with E-state index in [4.69, 9.17) is 0 Å². The maximum atomic E-state index is 4.44. The Labute approximate surface area is 104 Å². The lowest BCUT2D eigenvalue weighted by molar-refractivity contribution is 0.255. The Morgan fingerprint density at radius 2 is 1.88 bits per heavy atom. The highest BCUT2D eigenvalue weighted by Gasteiger charge is 2.19. The summed E-state index contributed by atoms with van der Waals surface area (Å²) in [7, 11) is 4.20. The van der Waals surface area contributed by atoms with Gasteiger partial charge in [0.15, 0.2) is 0 Å². The Morgan fingerprint density at radius 1 is 1.29 bits per heavy atom. The van der Waals surface area contributed by atoms with E-state index in [0.717, 1.165) is 12.5 Å². The van der Waals surface area contributed by atoms with Gasteiger partial charge in [-0.15, -0.1) is 0 Å². The highest BCUT2D eigenvalue weighted by Crippen LogP contribution is 2.26. The topological polar surface area (TPSA) is 32.3 Å². The Hall–Kier alpha value is -1.16. The summed E-state index contributed by atoms with van der Waals surface area (Å²) in [6, 6.07) is 0. The van der Waals surface area contributed by atoms with Gasteiger partial charge in [0.1, 0.15) is 0 Å². The first kappa shape index (κ1) is 12.3. The molecule has 1 aromatic rings. The monoisotopic (exact) mass is 234 g/mol. The minimum absolute atomic E-state index is 0.646. The summed E-state index contributed by atoms with van der Waals surface area (Å²) < 4.78 is 0. The summed E-state index contributed by atoms with van der Waals surface area (Å²) in [5, 5.41) is 0. The molecule has 0 bridgehead atoms. The van der Waals surface area contributed by atoms with E-state index in [-0.39, 0.29) is 0 Å². The first-order chi connectivity index (χ1) is 8.20. The summed E-state index contributed by atoms with van der Waals surface area (Å²) in [6.07, 6.45) is 6.46. The van der Waals surface area contributed by atoms with Crippen LogP contribution in [-0.2, 0) is 0 Å². The lowest BCUT2D eigenvalue weighted by Crippen LogP contribution is -2.29. The number of hydrogen-bond acceptors (Lipinski definition) is 4. The van der Waals surface area contributed by atoms with Gasteiger partial charge in [0.2, 0.25) is 5.95 Å². The van der Waals surface area contributed by atoms with E-state index in [1.165, 1.54) is 31.5 Å². The Morgan fingerprint density at radius 3 is 2.41 bits per heavy atom. The molecular weight excluding hydrogens is 212 g/mol. The predicted octanol–water partition coefficient (Wildman–Crippen LogP) is 1.74. The average molecular weight is 234 g/mol. The highest BCUT2D eigenvalue weighted by atomic mass is 15.2. The molecule has 2 heterocycles. The molecule has 2 rings (SSSR count). The molecule has 4 heteroatoms. The van der Waals surface area contributed by atoms with Gasteiger partial charge in [-0.3, -0.25) is 0 Å². The van der Waals surface area contributed by atoms with Gasteiger partial charge in [-0.25, -0.2) is 9.97 Å². The second-order valence-electron chi connectivity index (χ2n) is 4.91. The van der Waals surface area contributed by atoms with Gasteiger partial charge in [-0.2, -0.15) is 0 Å². The van der Waals surface area contributed by atoms with Crippen LogP contribution >= 0.6 is 0 Å². The van der Waals surface area contributed by atoms with Crippen LogP contribution in [0.3, 0.4) is 0 Å². The van der Waals surface area contributed by atoms with Crippen molar-refractivity contribution in [2.45, 2.75) is 25.7 Å². The zero-order valence-electron chi connectivity index (χ0n) is 11.1. The molecule has 0 atom stereocenters. The average Bonchev–Trinajstić information content (AvgIpc) is 2.39. The standard InChI is InChI=1S/C13H22N4/c1-4-17(3)13-14-9-12(10-15-13)11-5-7-16(2)8-6-11/h9-11H,4-8H2,1-3H3. The number of anilines is 1. The van der Waals surface area contributed by atoms with Crippen molar-refractivity contribution in [1.82, 2.24) is 14.9 Å². The molecule has 1 aliphatic heterocycles. The van der Waals surface area contributed by atoms with Gasteiger partial charge in [-0.05, 0) is 51.4 Å². The van der Waals surface area contributed by atoms with Crippen molar-refractivity contribution in [3.63, 3.8) is 0 Å². The molecule has 4 nitrogen and oxygen atoms in total. The van der Waals surface area contributed by atoms with Crippen molar-refractivity contribution in [3.05, 3.63) is 18.0 Å².